The van der Waals surface area contributed by atoms with Crippen molar-refractivity contribution in [3.05, 3.63) is 30.1 Å². The van der Waals surface area contributed by atoms with E-state index in [-0.39, 0.29) is 5.91 Å². The summed E-state index contributed by atoms with van der Waals surface area (Å²) in [6.45, 7) is 5.36. The summed E-state index contributed by atoms with van der Waals surface area (Å²) < 4.78 is 2.23. The third kappa shape index (κ3) is 4.31. The van der Waals surface area contributed by atoms with Gasteiger partial charge in [0.15, 0.2) is 0 Å². The van der Waals surface area contributed by atoms with E-state index in [1.807, 2.05) is 18.2 Å². The Kier molecular flexibility index (Phi) is 5.95. The molecule has 0 saturated heterocycles. The Morgan fingerprint density at radius 1 is 1.41 bits per heavy atom. The number of carbonyl (C=O) groups excluding carboxylic acids is 1. The molecule has 0 aliphatic heterocycles. The number of aliphatic hydroxyl groups excluding tert-OH is 1. The van der Waals surface area contributed by atoms with E-state index in [1.54, 1.807) is 6.92 Å². The van der Waals surface area contributed by atoms with E-state index in [9.17, 15) is 9.90 Å². The normalized spacial score (nSPS) is 12.5. The lowest BCUT2D eigenvalue weighted by Crippen LogP contribution is -2.27. The molecular formula is C17H25N3O2. The molecule has 1 unspecified atom stereocenters. The van der Waals surface area contributed by atoms with Crippen molar-refractivity contribution in [3.63, 3.8) is 0 Å². The standard InChI is InChI=1S/C17H25N3O2/c1-3-12-20-15-7-5-4-6-14(15)19-16(20)10-11-18-17(22)9-8-13(2)21/h4-7,13,21H,3,8-12H2,1-2H3,(H,18,22). The summed E-state index contributed by atoms with van der Waals surface area (Å²) in [5.41, 5.74) is 2.16. The Bertz CT molecular complexity index is 619. The number of hydrogen-bond donors (Lipinski definition) is 2. The minimum atomic E-state index is -0.431. The number of benzene rings is 1. The molecule has 1 aromatic heterocycles. The van der Waals surface area contributed by atoms with Crippen molar-refractivity contribution in [3.8, 4) is 0 Å². The second-order valence-corrected chi connectivity index (χ2v) is 5.66. The van der Waals surface area contributed by atoms with Crippen LogP contribution in [-0.4, -0.2) is 33.2 Å². The zero-order valence-electron chi connectivity index (χ0n) is 13.4. The minimum Gasteiger partial charge on any atom is -0.393 e. The van der Waals surface area contributed by atoms with E-state index < -0.39 is 6.10 Å². The van der Waals surface area contributed by atoms with Crippen molar-refractivity contribution < 1.29 is 9.90 Å². The SMILES string of the molecule is CCCn1c(CCNC(=O)CCC(C)O)nc2ccccc21. The molecule has 0 aliphatic rings. The number of amides is 1. The molecule has 5 nitrogen and oxygen atoms in total. The summed E-state index contributed by atoms with van der Waals surface area (Å²) in [4.78, 5) is 16.3. The molecule has 0 aliphatic carbocycles. The van der Waals surface area contributed by atoms with Gasteiger partial charge in [0, 0.05) is 25.9 Å². The maximum Gasteiger partial charge on any atom is 0.220 e. The first-order chi connectivity index (χ1) is 10.6. The number of aryl methyl sites for hydroxylation is 1. The van der Waals surface area contributed by atoms with Crippen LogP contribution in [0, 0.1) is 0 Å². The first kappa shape index (κ1) is 16.5. The third-order valence-corrected chi connectivity index (χ3v) is 3.64. The van der Waals surface area contributed by atoms with Gasteiger partial charge in [-0.2, -0.15) is 0 Å². The predicted octanol–water partition coefficient (Wildman–Crippen LogP) is 2.27. The van der Waals surface area contributed by atoms with Gasteiger partial charge in [0.05, 0.1) is 17.1 Å². The van der Waals surface area contributed by atoms with Crippen molar-refractivity contribution in [2.75, 3.05) is 6.54 Å². The number of fused-ring (bicyclic) bond motifs is 1. The van der Waals surface area contributed by atoms with Crippen LogP contribution in [0.1, 0.15) is 38.9 Å². The molecule has 1 atom stereocenters. The highest BCUT2D eigenvalue weighted by molar-refractivity contribution is 5.76. The van der Waals surface area contributed by atoms with Crippen LogP contribution in [0.15, 0.2) is 24.3 Å². The molecule has 0 bridgehead atoms. The molecule has 2 rings (SSSR count). The smallest absolute Gasteiger partial charge is 0.220 e. The lowest BCUT2D eigenvalue weighted by molar-refractivity contribution is -0.121. The summed E-state index contributed by atoms with van der Waals surface area (Å²) in [7, 11) is 0. The van der Waals surface area contributed by atoms with E-state index in [0.29, 0.717) is 19.4 Å². The lowest BCUT2D eigenvalue weighted by atomic mass is 10.2. The number of aliphatic hydroxyl groups is 1. The average Bonchev–Trinajstić information content (AvgIpc) is 2.84. The molecule has 0 spiro atoms. The lowest BCUT2D eigenvalue weighted by Gasteiger charge is -2.09. The van der Waals surface area contributed by atoms with Crippen molar-refractivity contribution in [2.24, 2.45) is 0 Å². The number of para-hydroxylation sites is 2. The fraction of sp³-hybridized carbons (Fsp3) is 0.529. The van der Waals surface area contributed by atoms with E-state index in [2.05, 4.69) is 27.9 Å². The van der Waals surface area contributed by atoms with Crippen molar-refractivity contribution in [1.82, 2.24) is 14.9 Å². The van der Waals surface area contributed by atoms with Gasteiger partial charge >= 0.3 is 0 Å². The van der Waals surface area contributed by atoms with Gasteiger partial charge in [-0.05, 0) is 31.9 Å². The van der Waals surface area contributed by atoms with Crippen LogP contribution in [0.3, 0.4) is 0 Å². The number of imidazole rings is 1. The van der Waals surface area contributed by atoms with Gasteiger partial charge in [-0.25, -0.2) is 4.98 Å². The van der Waals surface area contributed by atoms with Crippen LogP contribution in [-0.2, 0) is 17.8 Å². The fourth-order valence-corrected chi connectivity index (χ4v) is 2.53. The van der Waals surface area contributed by atoms with Gasteiger partial charge in [0.1, 0.15) is 5.82 Å². The summed E-state index contributed by atoms with van der Waals surface area (Å²) >= 11 is 0. The van der Waals surface area contributed by atoms with Crippen LogP contribution in [0.2, 0.25) is 0 Å². The van der Waals surface area contributed by atoms with Gasteiger partial charge in [-0.3, -0.25) is 4.79 Å². The molecule has 22 heavy (non-hydrogen) atoms. The monoisotopic (exact) mass is 303 g/mol. The predicted molar refractivity (Wildman–Crippen MR) is 87.7 cm³/mol. The van der Waals surface area contributed by atoms with Gasteiger partial charge in [0.2, 0.25) is 5.91 Å². The van der Waals surface area contributed by atoms with Crippen LogP contribution in [0.5, 0.6) is 0 Å². The summed E-state index contributed by atoms with van der Waals surface area (Å²) in [6, 6.07) is 8.12. The second-order valence-electron chi connectivity index (χ2n) is 5.66. The van der Waals surface area contributed by atoms with Crippen molar-refractivity contribution >= 4 is 16.9 Å². The van der Waals surface area contributed by atoms with Crippen molar-refractivity contribution in [2.45, 2.75) is 52.2 Å². The Labute approximate surface area is 131 Å². The topological polar surface area (TPSA) is 67.2 Å². The zero-order chi connectivity index (χ0) is 15.9. The molecule has 1 aromatic carbocycles. The fourth-order valence-electron chi connectivity index (χ4n) is 2.53. The molecule has 0 radical (unpaired) electrons. The molecule has 5 heteroatoms. The third-order valence-electron chi connectivity index (χ3n) is 3.64. The maximum absolute atomic E-state index is 11.7. The number of carbonyl (C=O) groups is 1. The summed E-state index contributed by atoms with van der Waals surface area (Å²) in [5.74, 6) is 0.998. The van der Waals surface area contributed by atoms with E-state index >= 15 is 0 Å². The first-order valence-electron chi connectivity index (χ1n) is 8.00. The number of nitrogens with zero attached hydrogens (tertiary/aromatic N) is 2. The van der Waals surface area contributed by atoms with Crippen LogP contribution in [0.4, 0.5) is 0 Å². The van der Waals surface area contributed by atoms with Gasteiger partial charge in [0.25, 0.3) is 0 Å². The van der Waals surface area contributed by atoms with Crippen LogP contribution >= 0.6 is 0 Å². The van der Waals surface area contributed by atoms with Gasteiger partial charge in [-0.15, -0.1) is 0 Å². The van der Waals surface area contributed by atoms with Gasteiger partial charge in [-0.1, -0.05) is 19.1 Å². The average molecular weight is 303 g/mol. The molecule has 0 fully saturated rings. The van der Waals surface area contributed by atoms with Gasteiger partial charge < -0.3 is 15.0 Å². The second kappa shape index (κ2) is 7.94. The highest BCUT2D eigenvalue weighted by Crippen LogP contribution is 2.16. The van der Waals surface area contributed by atoms with Crippen LogP contribution < -0.4 is 5.32 Å². The number of rotatable bonds is 8. The summed E-state index contributed by atoms with van der Waals surface area (Å²) in [6.07, 6.45) is 2.20. The summed E-state index contributed by atoms with van der Waals surface area (Å²) in [5, 5.41) is 12.1. The quantitative estimate of drug-likeness (QED) is 0.786. The zero-order valence-corrected chi connectivity index (χ0v) is 13.4. The first-order valence-corrected chi connectivity index (χ1v) is 8.00. The van der Waals surface area contributed by atoms with E-state index in [1.165, 1.54) is 0 Å². The minimum absolute atomic E-state index is 0.0148. The molecule has 120 valence electrons. The van der Waals surface area contributed by atoms with Crippen LogP contribution in [0.25, 0.3) is 11.0 Å². The molecule has 0 saturated carbocycles. The number of hydrogen-bond acceptors (Lipinski definition) is 3. The maximum atomic E-state index is 11.7. The van der Waals surface area contributed by atoms with E-state index in [0.717, 1.165) is 36.2 Å². The number of aromatic nitrogens is 2. The molecule has 2 N–H and O–H groups in total. The molecular weight excluding hydrogens is 278 g/mol. The largest absolute Gasteiger partial charge is 0.393 e. The Morgan fingerprint density at radius 3 is 2.91 bits per heavy atom. The highest BCUT2D eigenvalue weighted by Gasteiger charge is 2.10. The Balaban J connectivity index is 1.96. The molecule has 1 heterocycles. The van der Waals surface area contributed by atoms with Crippen molar-refractivity contribution in [1.29, 1.82) is 0 Å². The Hall–Kier alpha value is -1.88. The highest BCUT2D eigenvalue weighted by atomic mass is 16.3. The Morgan fingerprint density at radius 2 is 2.18 bits per heavy atom. The van der Waals surface area contributed by atoms with E-state index in [4.69, 9.17) is 0 Å². The molecule has 1 amide bonds. The number of nitrogens with one attached hydrogen (secondary N) is 1. The molecule has 2 aromatic rings.